The predicted octanol–water partition coefficient (Wildman–Crippen LogP) is 3.54. The third-order valence-electron chi connectivity index (χ3n) is 2.96. The number of anilines is 1. The largest absolute Gasteiger partial charge is 0.497 e. The number of nitrogens with one attached hydrogen (secondary N) is 1. The highest BCUT2D eigenvalue weighted by Gasteiger charge is 2.09. The third kappa shape index (κ3) is 3.46. The van der Waals surface area contributed by atoms with E-state index < -0.39 is 0 Å². The SMILES string of the molecule is CC[C@H](C)[C@H](C)Nc1cccc(OC)c1. The van der Waals surface area contributed by atoms with Gasteiger partial charge in [-0.3, -0.25) is 0 Å². The summed E-state index contributed by atoms with van der Waals surface area (Å²) in [6.45, 7) is 6.69. The van der Waals surface area contributed by atoms with Gasteiger partial charge in [-0.25, -0.2) is 0 Å². The molecule has 2 atom stereocenters. The van der Waals surface area contributed by atoms with Crippen LogP contribution in [-0.4, -0.2) is 13.2 Å². The highest BCUT2D eigenvalue weighted by molar-refractivity contribution is 5.48. The maximum Gasteiger partial charge on any atom is 0.120 e. The first-order valence-corrected chi connectivity index (χ1v) is 5.58. The molecule has 1 aromatic rings. The molecule has 84 valence electrons. The summed E-state index contributed by atoms with van der Waals surface area (Å²) >= 11 is 0. The van der Waals surface area contributed by atoms with Gasteiger partial charge >= 0.3 is 0 Å². The standard InChI is InChI=1S/C13H21NO/c1-5-10(2)11(3)14-12-7-6-8-13(9-12)15-4/h6-11,14H,5H2,1-4H3/t10-,11-/m0/s1. The van der Waals surface area contributed by atoms with Gasteiger partial charge < -0.3 is 10.1 Å². The van der Waals surface area contributed by atoms with Crippen molar-refractivity contribution in [3.63, 3.8) is 0 Å². The van der Waals surface area contributed by atoms with E-state index >= 15 is 0 Å². The van der Waals surface area contributed by atoms with Gasteiger partial charge in [0.1, 0.15) is 5.75 Å². The fraction of sp³-hybridized carbons (Fsp3) is 0.538. The number of methoxy groups -OCH3 is 1. The summed E-state index contributed by atoms with van der Waals surface area (Å²) in [5.41, 5.74) is 1.13. The van der Waals surface area contributed by atoms with Crippen LogP contribution < -0.4 is 10.1 Å². The van der Waals surface area contributed by atoms with Crippen molar-refractivity contribution in [2.45, 2.75) is 33.2 Å². The van der Waals surface area contributed by atoms with Crippen molar-refractivity contribution >= 4 is 5.69 Å². The van der Waals surface area contributed by atoms with Crippen LogP contribution in [0.3, 0.4) is 0 Å². The quantitative estimate of drug-likeness (QED) is 0.797. The lowest BCUT2D eigenvalue weighted by atomic mass is 10.0. The molecule has 1 N–H and O–H groups in total. The summed E-state index contributed by atoms with van der Waals surface area (Å²) < 4.78 is 5.18. The number of hydrogen-bond donors (Lipinski definition) is 1. The Morgan fingerprint density at radius 2 is 2.07 bits per heavy atom. The monoisotopic (exact) mass is 207 g/mol. The predicted molar refractivity (Wildman–Crippen MR) is 65.5 cm³/mol. The normalized spacial score (nSPS) is 14.4. The molecule has 0 amide bonds. The number of hydrogen-bond acceptors (Lipinski definition) is 2. The minimum atomic E-state index is 0.488. The molecule has 0 spiro atoms. The van der Waals surface area contributed by atoms with Crippen molar-refractivity contribution in [1.82, 2.24) is 0 Å². The van der Waals surface area contributed by atoms with Gasteiger partial charge in [-0.05, 0) is 25.0 Å². The zero-order chi connectivity index (χ0) is 11.3. The van der Waals surface area contributed by atoms with Gasteiger partial charge in [-0.1, -0.05) is 26.3 Å². The fourth-order valence-corrected chi connectivity index (χ4v) is 1.47. The second-order valence-electron chi connectivity index (χ2n) is 4.05. The first-order chi connectivity index (χ1) is 7.17. The van der Waals surface area contributed by atoms with Crippen LogP contribution in [0.5, 0.6) is 5.75 Å². The minimum absolute atomic E-state index is 0.488. The van der Waals surface area contributed by atoms with E-state index in [1.54, 1.807) is 7.11 Å². The van der Waals surface area contributed by atoms with Crippen molar-refractivity contribution in [3.05, 3.63) is 24.3 Å². The zero-order valence-electron chi connectivity index (χ0n) is 10.1. The van der Waals surface area contributed by atoms with Gasteiger partial charge in [0.2, 0.25) is 0 Å². The molecule has 0 aliphatic heterocycles. The van der Waals surface area contributed by atoms with E-state index in [9.17, 15) is 0 Å². The van der Waals surface area contributed by atoms with E-state index in [1.807, 2.05) is 18.2 Å². The second kappa shape index (κ2) is 5.64. The smallest absolute Gasteiger partial charge is 0.120 e. The van der Waals surface area contributed by atoms with E-state index in [0.717, 1.165) is 11.4 Å². The van der Waals surface area contributed by atoms with Crippen LogP contribution in [0.2, 0.25) is 0 Å². The lowest BCUT2D eigenvalue weighted by Crippen LogP contribution is -2.23. The average Bonchev–Trinajstić information content (AvgIpc) is 2.28. The fourth-order valence-electron chi connectivity index (χ4n) is 1.47. The molecule has 0 aromatic heterocycles. The van der Waals surface area contributed by atoms with Gasteiger partial charge in [0.15, 0.2) is 0 Å². The first kappa shape index (κ1) is 11.9. The molecule has 15 heavy (non-hydrogen) atoms. The van der Waals surface area contributed by atoms with Crippen LogP contribution in [0.15, 0.2) is 24.3 Å². The van der Waals surface area contributed by atoms with Crippen LogP contribution >= 0.6 is 0 Å². The summed E-state index contributed by atoms with van der Waals surface area (Å²) in [4.78, 5) is 0. The van der Waals surface area contributed by atoms with Gasteiger partial charge in [0.25, 0.3) is 0 Å². The van der Waals surface area contributed by atoms with Crippen LogP contribution in [0.1, 0.15) is 27.2 Å². The number of benzene rings is 1. The summed E-state index contributed by atoms with van der Waals surface area (Å²) in [6.07, 6.45) is 1.19. The Morgan fingerprint density at radius 3 is 2.67 bits per heavy atom. The van der Waals surface area contributed by atoms with Crippen molar-refractivity contribution in [2.75, 3.05) is 12.4 Å². The molecular formula is C13H21NO. The van der Waals surface area contributed by atoms with Crippen LogP contribution in [0.4, 0.5) is 5.69 Å². The van der Waals surface area contributed by atoms with Crippen LogP contribution in [-0.2, 0) is 0 Å². The van der Waals surface area contributed by atoms with Crippen LogP contribution in [0, 0.1) is 5.92 Å². The van der Waals surface area contributed by atoms with Crippen molar-refractivity contribution < 1.29 is 4.74 Å². The van der Waals surface area contributed by atoms with Gasteiger partial charge in [0, 0.05) is 17.8 Å². The second-order valence-corrected chi connectivity index (χ2v) is 4.05. The summed E-state index contributed by atoms with van der Waals surface area (Å²) in [6, 6.07) is 8.55. The first-order valence-electron chi connectivity index (χ1n) is 5.58. The summed E-state index contributed by atoms with van der Waals surface area (Å²) in [5.74, 6) is 1.58. The molecular weight excluding hydrogens is 186 g/mol. The molecule has 1 rings (SSSR count). The molecule has 1 aromatic carbocycles. The van der Waals surface area contributed by atoms with E-state index in [2.05, 4.69) is 32.2 Å². The topological polar surface area (TPSA) is 21.3 Å². The molecule has 2 nitrogen and oxygen atoms in total. The van der Waals surface area contributed by atoms with E-state index in [1.165, 1.54) is 6.42 Å². The Bertz CT molecular complexity index is 298. The van der Waals surface area contributed by atoms with E-state index in [-0.39, 0.29) is 0 Å². The van der Waals surface area contributed by atoms with E-state index in [4.69, 9.17) is 4.74 Å². The van der Waals surface area contributed by atoms with E-state index in [0.29, 0.717) is 12.0 Å². The zero-order valence-corrected chi connectivity index (χ0v) is 10.1. The number of rotatable bonds is 5. The average molecular weight is 207 g/mol. The maximum absolute atomic E-state index is 5.18. The molecule has 0 saturated heterocycles. The summed E-state index contributed by atoms with van der Waals surface area (Å²) in [5, 5.41) is 3.49. The lowest BCUT2D eigenvalue weighted by molar-refractivity contribution is 0.415. The molecule has 0 radical (unpaired) electrons. The highest BCUT2D eigenvalue weighted by atomic mass is 16.5. The molecule has 0 aliphatic carbocycles. The molecule has 0 heterocycles. The van der Waals surface area contributed by atoms with Crippen LogP contribution in [0.25, 0.3) is 0 Å². The Labute approximate surface area is 92.6 Å². The minimum Gasteiger partial charge on any atom is -0.497 e. The van der Waals surface area contributed by atoms with Gasteiger partial charge in [-0.15, -0.1) is 0 Å². The van der Waals surface area contributed by atoms with Crippen molar-refractivity contribution in [1.29, 1.82) is 0 Å². The Hall–Kier alpha value is -1.18. The molecule has 0 saturated carbocycles. The Kier molecular flexibility index (Phi) is 4.47. The molecule has 0 unspecified atom stereocenters. The third-order valence-corrected chi connectivity index (χ3v) is 2.96. The Balaban J connectivity index is 2.63. The Morgan fingerprint density at radius 1 is 1.33 bits per heavy atom. The lowest BCUT2D eigenvalue weighted by Gasteiger charge is -2.21. The summed E-state index contributed by atoms with van der Waals surface area (Å²) in [7, 11) is 1.69. The molecule has 0 aliphatic rings. The molecule has 2 heteroatoms. The molecule has 0 fully saturated rings. The molecule has 0 bridgehead atoms. The number of ether oxygens (including phenoxy) is 1. The van der Waals surface area contributed by atoms with Gasteiger partial charge in [-0.2, -0.15) is 0 Å². The maximum atomic E-state index is 5.18. The van der Waals surface area contributed by atoms with Crippen molar-refractivity contribution in [2.24, 2.45) is 5.92 Å². The van der Waals surface area contributed by atoms with Crippen molar-refractivity contribution in [3.8, 4) is 5.75 Å². The van der Waals surface area contributed by atoms with Gasteiger partial charge in [0.05, 0.1) is 7.11 Å². The highest BCUT2D eigenvalue weighted by Crippen LogP contribution is 2.19.